The highest BCUT2D eigenvalue weighted by Gasteiger charge is 2.48. The quantitative estimate of drug-likeness (QED) is 0.174. The number of benzene rings is 4. The van der Waals surface area contributed by atoms with Gasteiger partial charge in [-0.2, -0.15) is 8.42 Å². The first-order chi connectivity index (χ1) is 18.7. The van der Waals surface area contributed by atoms with Gasteiger partial charge in [0.05, 0.1) is 18.1 Å². The lowest BCUT2D eigenvalue weighted by atomic mass is 9.78. The van der Waals surface area contributed by atoms with Gasteiger partial charge < -0.3 is 15.1 Å². The number of rotatable bonds is 8. The number of aliphatic hydroxyl groups is 1. The second kappa shape index (κ2) is 10.8. The highest BCUT2D eigenvalue weighted by molar-refractivity contribution is 7.86. The summed E-state index contributed by atoms with van der Waals surface area (Å²) in [6.45, 7) is 0. The Balaban J connectivity index is 1.47. The predicted octanol–water partition coefficient (Wildman–Crippen LogP) is 6.18. The van der Waals surface area contributed by atoms with Crippen molar-refractivity contribution in [2.24, 2.45) is 5.92 Å². The maximum atomic E-state index is 13.4. The van der Waals surface area contributed by atoms with Crippen molar-refractivity contribution in [2.45, 2.75) is 29.9 Å². The minimum atomic E-state index is -4.52. The summed E-state index contributed by atoms with van der Waals surface area (Å²) in [5, 5.41) is 22.2. The topological polar surface area (TPSA) is 115 Å². The van der Waals surface area contributed by atoms with Crippen LogP contribution in [0.25, 0.3) is 11.1 Å². The van der Waals surface area contributed by atoms with E-state index in [1.54, 1.807) is 47.4 Å². The zero-order valence-electron chi connectivity index (χ0n) is 20.7. The SMILES string of the molecule is O=C1C(CCC(O)c2ccccc2Cl)C(c2ccc(-c3ccccc3S(=O)(=O)O)c(O)c2)N1c1ccccc1. The Morgan fingerprint density at radius 1 is 0.872 bits per heavy atom. The number of phenols is 1. The molecule has 1 saturated heterocycles. The third-order valence-corrected chi connectivity index (χ3v) is 8.34. The zero-order valence-corrected chi connectivity index (χ0v) is 22.3. The van der Waals surface area contributed by atoms with Gasteiger partial charge >= 0.3 is 0 Å². The van der Waals surface area contributed by atoms with Gasteiger partial charge in [-0.05, 0) is 54.3 Å². The molecule has 39 heavy (non-hydrogen) atoms. The number of nitrogens with zero attached hydrogens (tertiary/aromatic N) is 1. The second-order valence-corrected chi connectivity index (χ2v) is 11.3. The molecule has 0 spiro atoms. The van der Waals surface area contributed by atoms with E-state index in [2.05, 4.69) is 0 Å². The van der Waals surface area contributed by atoms with E-state index in [1.807, 2.05) is 30.3 Å². The molecule has 200 valence electrons. The maximum Gasteiger partial charge on any atom is 0.295 e. The third kappa shape index (κ3) is 5.29. The van der Waals surface area contributed by atoms with E-state index < -0.39 is 28.2 Å². The van der Waals surface area contributed by atoms with Crippen LogP contribution in [0.1, 0.15) is 36.1 Å². The Bertz CT molecular complexity index is 1630. The fourth-order valence-electron chi connectivity index (χ4n) is 5.20. The molecular weight excluding hydrogens is 538 g/mol. The third-order valence-electron chi connectivity index (χ3n) is 7.08. The molecule has 4 aromatic rings. The molecule has 5 rings (SSSR count). The Labute approximate surface area is 231 Å². The number of halogens is 1. The number of para-hydroxylation sites is 1. The largest absolute Gasteiger partial charge is 0.507 e. The van der Waals surface area contributed by atoms with Gasteiger partial charge in [-0.25, -0.2) is 0 Å². The first-order valence-corrected chi connectivity index (χ1v) is 14.2. The van der Waals surface area contributed by atoms with Crippen LogP contribution in [0.2, 0.25) is 5.02 Å². The number of β-lactam (4-membered cyclic amide) rings is 1. The average molecular weight is 564 g/mol. The summed E-state index contributed by atoms with van der Waals surface area (Å²) in [6, 6.07) is 26.5. The number of anilines is 1. The van der Waals surface area contributed by atoms with Crippen LogP contribution in [0.15, 0.2) is 102 Å². The van der Waals surface area contributed by atoms with Crippen molar-refractivity contribution in [1.29, 1.82) is 0 Å². The molecular formula is C30H26ClNO6S. The van der Waals surface area contributed by atoms with Crippen molar-refractivity contribution in [3.05, 3.63) is 113 Å². The van der Waals surface area contributed by atoms with Gasteiger partial charge in [-0.1, -0.05) is 78.3 Å². The minimum Gasteiger partial charge on any atom is -0.507 e. The van der Waals surface area contributed by atoms with Crippen molar-refractivity contribution in [1.82, 2.24) is 0 Å². The first kappa shape index (κ1) is 26.9. The fraction of sp³-hybridized carbons (Fsp3) is 0.167. The second-order valence-electron chi connectivity index (χ2n) is 9.46. The van der Waals surface area contributed by atoms with E-state index in [-0.39, 0.29) is 27.7 Å². The van der Waals surface area contributed by atoms with Crippen LogP contribution >= 0.6 is 11.6 Å². The van der Waals surface area contributed by atoms with Gasteiger partial charge in [0, 0.05) is 21.8 Å². The molecule has 3 N–H and O–H groups in total. The van der Waals surface area contributed by atoms with Gasteiger partial charge in [0.1, 0.15) is 10.6 Å². The monoisotopic (exact) mass is 563 g/mol. The molecule has 4 aromatic carbocycles. The summed E-state index contributed by atoms with van der Waals surface area (Å²) in [5.41, 5.74) is 2.35. The molecule has 1 heterocycles. The predicted molar refractivity (Wildman–Crippen MR) is 149 cm³/mol. The van der Waals surface area contributed by atoms with Crippen molar-refractivity contribution < 1.29 is 28.0 Å². The number of aromatic hydroxyl groups is 1. The number of carbonyl (C=O) groups is 1. The molecule has 3 atom stereocenters. The Kier molecular flexibility index (Phi) is 7.46. The average Bonchev–Trinajstić information content (AvgIpc) is 2.92. The van der Waals surface area contributed by atoms with E-state index in [1.165, 1.54) is 24.3 Å². The van der Waals surface area contributed by atoms with E-state index in [0.29, 0.717) is 34.7 Å². The lowest BCUT2D eigenvalue weighted by Crippen LogP contribution is -2.55. The van der Waals surface area contributed by atoms with Crippen LogP contribution < -0.4 is 4.90 Å². The molecule has 0 saturated carbocycles. The van der Waals surface area contributed by atoms with Gasteiger partial charge in [0.25, 0.3) is 10.1 Å². The zero-order chi connectivity index (χ0) is 27.7. The Hall–Kier alpha value is -3.69. The molecule has 3 unspecified atom stereocenters. The summed E-state index contributed by atoms with van der Waals surface area (Å²) >= 11 is 6.24. The number of carbonyl (C=O) groups excluding carboxylic acids is 1. The molecule has 7 nitrogen and oxygen atoms in total. The molecule has 1 amide bonds. The highest BCUT2D eigenvalue weighted by atomic mass is 35.5. The van der Waals surface area contributed by atoms with Gasteiger partial charge in [0.15, 0.2) is 0 Å². The summed E-state index contributed by atoms with van der Waals surface area (Å²) in [5.74, 6) is -0.749. The van der Waals surface area contributed by atoms with Gasteiger partial charge in [-0.3, -0.25) is 9.35 Å². The molecule has 0 aliphatic carbocycles. The summed E-state index contributed by atoms with van der Waals surface area (Å²) < 4.78 is 33.5. The van der Waals surface area contributed by atoms with Crippen molar-refractivity contribution >= 4 is 33.3 Å². The standard InChI is InChI=1S/C30H26ClNO6S/c31-25-12-6-4-11-23(25)26(33)17-16-24-29(32(30(24)35)20-8-2-1-3-9-20)19-14-15-21(27(34)18-19)22-10-5-7-13-28(22)39(36,37)38/h1-15,18,24,26,29,33-34H,16-17H2,(H,36,37,38). The van der Waals surface area contributed by atoms with Gasteiger partial charge in [0.2, 0.25) is 5.91 Å². The Morgan fingerprint density at radius 2 is 1.54 bits per heavy atom. The van der Waals surface area contributed by atoms with Crippen molar-refractivity contribution in [2.75, 3.05) is 4.90 Å². The van der Waals surface area contributed by atoms with Gasteiger partial charge in [-0.15, -0.1) is 0 Å². The lowest BCUT2D eigenvalue weighted by molar-refractivity contribution is -0.131. The smallest absolute Gasteiger partial charge is 0.295 e. The number of aliphatic hydroxyl groups excluding tert-OH is 1. The minimum absolute atomic E-state index is 0.0992. The number of hydrogen-bond acceptors (Lipinski definition) is 5. The van der Waals surface area contributed by atoms with Crippen LogP contribution in [-0.4, -0.2) is 29.1 Å². The molecule has 9 heteroatoms. The first-order valence-electron chi connectivity index (χ1n) is 12.4. The normalized spacial score (nSPS) is 18.0. The summed E-state index contributed by atoms with van der Waals surface area (Å²) in [4.78, 5) is 14.7. The van der Waals surface area contributed by atoms with Crippen LogP contribution in [-0.2, 0) is 14.9 Å². The molecule has 1 fully saturated rings. The summed E-state index contributed by atoms with van der Waals surface area (Å²) in [7, 11) is -4.52. The van der Waals surface area contributed by atoms with Crippen LogP contribution in [0.3, 0.4) is 0 Å². The molecule has 0 radical (unpaired) electrons. The molecule has 0 bridgehead atoms. The van der Waals surface area contributed by atoms with E-state index >= 15 is 0 Å². The molecule has 1 aliphatic rings. The maximum absolute atomic E-state index is 13.4. The molecule has 1 aliphatic heterocycles. The fourth-order valence-corrected chi connectivity index (χ4v) is 6.17. The van der Waals surface area contributed by atoms with Crippen LogP contribution in [0.5, 0.6) is 5.75 Å². The van der Waals surface area contributed by atoms with Crippen LogP contribution in [0, 0.1) is 5.92 Å². The lowest BCUT2D eigenvalue weighted by Gasteiger charge is -2.48. The van der Waals surface area contributed by atoms with E-state index in [9.17, 15) is 28.0 Å². The highest BCUT2D eigenvalue weighted by Crippen LogP contribution is 2.48. The van der Waals surface area contributed by atoms with Crippen molar-refractivity contribution in [3.8, 4) is 16.9 Å². The van der Waals surface area contributed by atoms with Crippen molar-refractivity contribution in [3.63, 3.8) is 0 Å². The molecule has 0 aromatic heterocycles. The van der Waals surface area contributed by atoms with Crippen LogP contribution in [0.4, 0.5) is 5.69 Å². The number of hydrogen-bond donors (Lipinski definition) is 3. The summed E-state index contributed by atoms with van der Waals surface area (Å²) in [6.07, 6.45) is -0.149. The Morgan fingerprint density at radius 3 is 2.23 bits per heavy atom. The van der Waals surface area contributed by atoms with E-state index in [0.717, 1.165) is 0 Å². The number of amides is 1. The van der Waals surface area contributed by atoms with E-state index in [4.69, 9.17) is 11.6 Å². The number of phenolic OH excluding ortho intramolecular Hbond substituents is 1.